The van der Waals surface area contributed by atoms with Crippen LogP contribution in [0.3, 0.4) is 0 Å². The highest BCUT2D eigenvalue weighted by atomic mass is 16.5. The first-order valence-electron chi connectivity index (χ1n) is 10.2. The van der Waals surface area contributed by atoms with E-state index >= 15 is 0 Å². The fraction of sp³-hybridized carbons (Fsp3) is 0.304. The SMILES string of the molecule is CC[C@@H](COc1ccc(C(=O)NO)cc1)NC(=O)c1cc2cc(OCCOC)ccc2o1. The second-order valence-electron chi connectivity index (χ2n) is 7.01. The number of carbonyl (C=O) groups excluding carboxylic acids is 2. The van der Waals surface area contributed by atoms with Crippen LogP contribution in [0.5, 0.6) is 11.5 Å². The Morgan fingerprint density at radius 3 is 2.44 bits per heavy atom. The summed E-state index contributed by atoms with van der Waals surface area (Å²) >= 11 is 0. The zero-order chi connectivity index (χ0) is 22.9. The number of rotatable bonds is 11. The molecule has 0 spiro atoms. The molecule has 0 aliphatic carbocycles. The molecule has 170 valence electrons. The van der Waals surface area contributed by atoms with Gasteiger partial charge in [-0.25, -0.2) is 5.48 Å². The molecule has 0 radical (unpaired) electrons. The fourth-order valence-corrected chi connectivity index (χ4v) is 2.95. The second-order valence-corrected chi connectivity index (χ2v) is 7.01. The molecule has 0 aliphatic rings. The number of hydrogen-bond donors (Lipinski definition) is 3. The molecule has 32 heavy (non-hydrogen) atoms. The first kappa shape index (κ1) is 23.1. The highest BCUT2D eigenvalue weighted by Gasteiger charge is 2.17. The van der Waals surface area contributed by atoms with Crippen LogP contribution in [0, 0.1) is 0 Å². The van der Waals surface area contributed by atoms with Gasteiger partial charge in [-0.3, -0.25) is 14.8 Å². The Hall–Kier alpha value is -3.56. The summed E-state index contributed by atoms with van der Waals surface area (Å²) in [6.07, 6.45) is 0.647. The Morgan fingerprint density at radius 2 is 1.75 bits per heavy atom. The van der Waals surface area contributed by atoms with E-state index in [0.29, 0.717) is 42.3 Å². The van der Waals surface area contributed by atoms with E-state index in [1.807, 2.05) is 13.0 Å². The fourth-order valence-electron chi connectivity index (χ4n) is 2.95. The summed E-state index contributed by atoms with van der Waals surface area (Å²) in [6.45, 7) is 3.10. The highest BCUT2D eigenvalue weighted by molar-refractivity contribution is 5.96. The summed E-state index contributed by atoms with van der Waals surface area (Å²) in [5.74, 6) is 0.469. The first-order chi connectivity index (χ1) is 15.5. The molecule has 0 aliphatic heterocycles. The molecule has 2 amide bonds. The van der Waals surface area contributed by atoms with E-state index in [4.69, 9.17) is 23.8 Å². The van der Waals surface area contributed by atoms with Crippen molar-refractivity contribution in [1.82, 2.24) is 10.8 Å². The Balaban J connectivity index is 1.58. The molecule has 0 bridgehead atoms. The zero-order valence-electron chi connectivity index (χ0n) is 17.9. The number of methoxy groups -OCH3 is 1. The van der Waals surface area contributed by atoms with Crippen molar-refractivity contribution in [2.24, 2.45) is 0 Å². The van der Waals surface area contributed by atoms with Crippen molar-refractivity contribution in [3.05, 3.63) is 59.9 Å². The van der Waals surface area contributed by atoms with Gasteiger partial charge in [-0.2, -0.15) is 0 Å². The summed E-state index contributed by atoms with van der Waals surface area (Å²) in [5, 5.41) is 12.3. The summed E-state index contributed by atoms with van der Waals surface area (Å²) in [6, 6.07) is 13.1. The lowest BCUT2D eigenvalue weighted by atomic mass is 10.2. The van der Waals surface area contributed by atoms with Gasteiger partial charge in [0.2, 0.25) is 0 Å². The smallest absolute Gasteiger partial charge is 0.287 e. The van der Waals surface area contributed by atoms with Gasteiger partial charge in [0.1, 0.15) is 30.3 Å². The van der Waals surface area contributed by atoms with Gasteiger partial charge in [0.15, 0.2) is 5.76 Å². The van der Waals surface area contributed by atoms with Gasteiger partial charge in [-0.1, -0.05) is 6.92 Å². The van der Waals surface area contributed by atoms with Crippen LogP contribution >= 0.6 is 0 Å². The van der Waals surface area contributed by atoms with Crippen molar-refractivity contribution in [3.63, 3.8) is 0 Å². The molecular formula is C23H26N2O7. The average Bonchev–Trinajstić information content (AvgIpc) is 3.25. The van der Waals surface area contributed by atoms with Crippen molar-refractivity contribution < 1.29 is 33.4 Å². The van der Waals surface area contributed by atoms with Crippen LogP contribution in [0.4, 0.5) is 0 Å². The molecule has 2 aromatic carbocycles. The third kappa shape index (κ3) is 5.99. The Morgan fingerprint density at radius 1 is 1.00 bits per heavy atom. The number of hydroxylamine groups is 1. The topological polar surface area (TPSA) is 119 Å². The molecule has 0 saturated heterocycles. The number of ether oxygens (including phenoxy) is 3. The average molecular weight is 442 g/mol. The van der Waals surface area contributed by atoms with E-state index < -0.39 is 5.91 Å². The largest absolute Gasteiger partial charge is 0.491 e. The summed E-state index contributed by atoms with van der Waals surface area (Å²) in [7, 11) is 1.61. The molecule has 3 N–H and O–H groups in total. The summed E-state index contributed by atoms with van der Waals surface area (Å²) in [4.78, 5) is 24.0. The van der Waals surface area contributed by atoms with Gasteiger partial charge in [0.05, 0.1) is 12.6 Å². The van der Waals surface area contributed by atoms with Gasteiger partial charge in [-0.15, -0.1) is 0 Å². The predicted octanol–water partition coefficient (Wildman–Crippen LogP) is 3.16. The lowest BCUT2D eigenvalue weighted by Gasteiger charge is -2.17. The monoisotopic (exact) mass is 442 g/mol. The van der Waals surface area contributed by atoms with Crippen LogP contribution in [0.2, 0.25) is 0 Å². The Bertz CT molecular complexity index is 1050. The first-order valence-corrected chi connectivity index (χ1v) is 10.2. The maximum absolute atomic E-state index is 12.7. The maximum atomic E-state index is 12.7. The zero-order valence-corrected chi connectivity index (χ0v) is 17.9. The van der Waals surface area contributed by atoms with E-state index in [-0.39, 0.29) is 24.3 Å². The lowest BCUT2D eigenvalue weighted by molar-refractivity contribution is 0.0706. The van der Waals surface area contributed by atoms with E-state index in [9.17, 15) is 9.59 Å². The van der Waals surface area contributed by atoms with Crippen molar-refractivity contribution in [2.75, 3.05) is 26.9 Å². The van der Waals surface area contributed by atoms with Gasteiger partial charge in [0.25, 0.3) is 11.8 Å². The third-order valence-corrected chi connectivity index (χ3v) is 4.76. The van der Waals surface area contributed by atoms with Gasteiger partial charge >= 0.3 is 0 Å². The molecule has 0 fully saturated rings. The molecule has 0 unspecified atom stereocenters. The van der Waals surface area contributed by atoms with E-state index in [2.05, 4.69) is 5.32 Å². The van der Waals surface area contributed by atoms with Crippen molar-refractivity contribution >= 4 is 22.8 Å². The van der Waals surface area contributed by atoms with Crippen LogP contribution in [0.25, 0.3) is 11.0 Å². The van der Waals surface area contributed by atoms with Crippen molar-refractivity contribution in [3.8, 4) is 11.5 Å². The number of hydrogen-bond acceptors (Lipinski definition) is 7. The normalized spacial score (nSPS) is 11.7. The minimum Gasteiger partial charge on any atom is -0.491 e. The molecule has 9 nitrogen and oxygen atoms in total. The van der Waals surface area contributed by atoms with Gasteiger partial charge in [-0.05, 0) is 55.0 Å². The standard InChI is InChI=1S/C23H26N2O7/c1-3-17(14-31-18-6-4-15(5-7-18)22(26)25-28)24-23(27)21-13-16-12-19(30-11-10-29-2)8-9-20(16)32-21/h4-9,12-13,17,28H,3,10-11,14H2,1-2H3,(H,24,27)(H,25,26)/t17-/m0/s1. The van der Waals surface area contributed by atoms with Crippen LogP contribution < -0.4 is 20.3 Å². The number of furan rings is 1. The van der Waals surface area contributed by atoms with Crippen LogP contribution in [-0.2, 0) is 4.74 Å². The number of benzene rings is 2. The molecule has 1 aromatic heterocycles. The molecule has 1 atom stereocenters. The minimum atomic E-state index is -0.602. The number of fused-ring (bicyclic) bond motifs is 1. The minimum absolute atomic E-state index is 0.201. The van der Waals surface area contributed by atoms with E-state index in [0.717, 1.165) is 5.39 Å². The number of amides is 2. The number of nitrogens with one attached hydrogen (secondary N) is 2. The molecule has 1 heterocycles. The third-order valence-electron chi connectivity index (χ3n) is 4.76. The van der Waals surface area contributed by atoms with Crippen molar-refractivity contribution in [1.29, 1.82) is 0 Å². The van der Waals surface area contributed by atoms with Gasteiger partial charge in [0, 0.05) is 18.1 Å². The van der Waals surface area contributed by atoms with Crippen LogP contribution in [0.1, 0.15) is 34.3 Å². The Labute approximate surface area is 185 Å². The highest BCUT2D eigenvalue weighted by Crippen LogP contribution is 2.24. The molecule has 9 heteroatoms. The Kier molecular flexibility index (Phi) is 8.07. The van der Waals surface area contributed by atoms with E-state index in [1.54, 1.807) is 42.9 Å². The van der Waals surface area contributed by atoms with Crippen molar-refractivity contribution in [2.45, 2.75) is 19.4 Å². The quantitative estimate of drug-likeness (QED) is 0.237. The summed E-state index contributed by atoms with van der Waals surface area (Å²) in [5.41, 5.74) is 2.46. The van der Waals surface area contributed by atoms with Gasteiger partial charge < -0.3 is 23.9 Å². The van der Waals surface area contributed by atoms with E-state index in [1.165, 1.54) is 12.1 Å². The molecule has 3 rings (SSSR count). The summed E-state index contributed by atoms with van der Waals surface area (Å²) < 4.78 is 22.0. The second kappa shape index (κ2) is 11.2. The number of carbonyl (C=O) groups is 2. The maximum Gasteiger partial charge on any atom is 0.287 e. The lowest BCUT2D eigenvalue weighted by Crippen LogP contribution is -2.38. The molecule has 3 aromatic rings. The predicted molar refractivity (Wildman–Crippen MR) is 116 cm³/mol. The molecular weight excluding hydrogens is 416 g/mol. The van der Waals surface area contributed by atoms with Crippen LogP contribution in [-0.4, -0.2) is 50.0 Å². The molecule has 0 saturated carbocycles. The van der Waals surface area contributed by atoms with Crippen LogP contribution in [0.15, 0.2) is 52.9 Å².